The molecule has 3 aromatic rings. The number of benzene rings is 4. The van der Waals surface area contributed by atoms with Crippen molar-refractivity contribution in [2.75, 3.05) is 46.2 Å². The molecule has 1 aliphatic carbocycles. The van der Waals surface area contributed by atoms with Gasteiger partial charge in [-0.15, -0.1) is 0 Å². The van der Waals surface area contributed by atoms with Crippen LogP contribution in [0.15, 0.2) is 94.1 Å². The van der Waals surface area contributed by atoms with Crippen molar-refractivity contribution >= 4 is 75.4 Å². The molecule has 0 radical (unpaired) electrons. The molecule has 0 unspecified atom stereocenters. The number of nitrogens with two attached hydrogens (primary N) is 1. The van der Waals surface area contributed by atoms with Gasteiger partial charge in [0, 0.05) is 53.7 Å². The van der Waals surface area contributed by atoms with E-state index >= 15 is 0 Å². The number of aliphatic hydroxyl groups excluding tert-OH is 1. The Balaban J connectivity index is 1.22. The number of aliphatic hydroxyl groups is 1. The zero-order valence-corrected chi connectivity index (χ0v) is 44.2. The molecule has 0 saturated heterocycles. The fraction of sp³-hybridized carbons (Fsp3) is 0.389. The van der Waals surface area contributed by atoms with Gasteiger partial charge < -0.3 is 67.2 Å². The lowest BCUT2D eigenvalue weighted by Gasteiger charge is -2.27. The molecule has 5 rings (SSSR count). The van der Waals surface area contributed by atoms with Crippen LogP contribution in [0.1, 0.15) is 68.8 Å². The van der Waals surface area contributed by atoms with Crippen molar-refractivity contribution in [3.8, 4) is 28.2 Å². The van der Waals surface area contributed by atoms with E-state index in [1.54, 1.807) is 54.6 Å². The number of carbonyl (C=O) groups excluding carboxylic acids is 6. The Bertz CT molecular complexity index is 2940. The number of aromatic carboxylic acids is 1. The van der Waals surface area contributed by atoms with Crippen molar-refractivity contribution < 1.29 is 57.8 Å². The summed E-state index contributed by atoms with van der Waals surface area (Å²) < 4.78 is 6.59. The molecular weight excluding hydrogens is 999 g/mol. The lowest BCUT2D eigenvalue weighted by Crippen LogP contribution is -2.59. The summed E-state index contributed by atoms with van der Waals surface area (Å²) in [5.74, 6) is -5.58. The largest absolute Gasteiger partial charge is 0.508 e. The number of anilines is 1. The predicted molar refractivity (Wildman–Crippen MR) is 290 cm³/mol. The summed E-state index contributed by atoms with van der Waals surface area (Å²) in [6.45, 7) is 5.13. The molecular formula is C54H68N9O12S+. The minimum absolute atomic E-state index is 0.00867. The Morgan fingerprint density at radius 3 is 2.05 bits per heavy atom. The Morgan fingerprint density at radius 1 is 0.737 bits per heavy atom. The number of phenols is 1. The SMILES string of the molecule is CC(C)C[C@H](NC(=O)[C@H](C)NC(=O)[C@H](Cc1ccccc1)NC(=O)CCNC(=S)Nc1ccc(-c2c3ccc(=O)cc-3oc3cc(O)ccc23)c(C(=O)O)c1)C(=O)N[C@@H](CCCC[N+](C)(C)C)C(=O)N[C@@H](CO)C(N)=O. The highest BCUT2D eigenvalue weighted by molar-refractivity contribution is 7.80. The van der Waals surface area contributed by atoms with Gasteiger partial charge in [0.25, 0.3) is 0 Å². The predicted octanol–water partition coefficient (Wildman–Crippen LogP) is 2.73. The maximum absolute atomic E-state index is 13.9. The van der Waals surface area contributed by atoms with E-state index in [1.165, 1.54) is 37.3 Å². The van der Waals surface area contributed by atoms with Crippen molar-refractivity contribution in [3.05, 3.63) is 106 Å². The third-order valence-electron chi connectivity index (χ3n) is 12.2. The molecule has 0 fully saturated rings. The van der Waals surface area contributed by atoms with E-state index < -0.39 is 78.2 Å². The summed E-state index contributed by atoms with van der Waals surface area (Å²) in [5, 5.41) is 49.7. The first kappa shape index (κ1) is 58.9. The lowest BCUT2D eigenvalue weighted by atomic mass is 9.90. The number of carbonyl (C=O) groups is 7. The number of nitrogens with one attached hydrogen (secondary N) is 7. The summed E-state index contributed by atoms with van der Waals surface area (Å²) in [6.07, 6.45) is 1.47. The van der Waals surface area contributed by atoms with Crippen LogP contribution < -0.4 is 48.4 Å². The van der Waals surface area contributed by atoms with Gasteiger partial charge in [0.2, 0.25) is 35.4 Å². The maximum atomic E-state index is 13.9. The first-order valence-corrected chi connectivity index (χ1v) is 25.2. The smallest absolute Gasteiger partial charge is 0.336 e. The molecule has 0 saturated carbocycles. The first-order valence-electron chi connectivity index (χ1n) is 24.8. The molecule has 76 heavy (non-hydrogen) atoms. The lowest BCUT2D eigenvalue weighted by molar-refractivity contribution is -0.870. The number of amides is 6. The Labute approximate surface area is 445 Å². The summed E-state index contributed by atoms with van der Waals surface area (Å²) in [6, 6.07) is 16.0. The molecule has 406 valence electrons. The average molecular weight is 1070 g/mol. The number of thiocarbonyl (C=S) groups is 1. The van der Waals surface area contributed by atoms with E-state index in [-0.39, 0.29) is 71.3 Å². The molecule has 12 N–H and O–H groups in total. The number of unbranched alkanes of at least 4 members (excludes halogenated alkanes) is 1. The second-order valence-corrected chi connectivity index (χ2v) is 20.4. The first-order chi connectivity index (χ1) is 35.9. The standard InChI is InChI=1S/C54H67N9O12S/c1-30(2)24-41(52(72)60-40(14-10-11-23-63(4,5)6)50(70)62-43(29-64)48(55)68)61-49(69)31(3)57-51(71)42(25-32-12-8-7-9-13-32)59-46(67)21-22-56-54(76)58-33-15-18-36(39(26-33)53(73)74)47-37-19-16-34(65)27-44(37)75-45-28-35(66)17-20-38(45)47/h7-9,12-13,15-20,26-28,30-31,40-43,64H,10-11,14,21-25,29H2,1-6H3,(H10-,55,56,57,58,59,60,61,62,65,66,67,68,69,70,71,72,73,74,76)/p+1/t31-,40-,41-,42-,43-/m0/s1. The van der Waals surface area contributed by atoms with Crippen molar-refractivity contribution in [1.29, 1.82) is 0 Å². The molecule has 6 amide bonds. The molecule has 2 aliphatic rings. The van der Waals surface area contributed by atoms with Gasteiger partial charge in [-0.25, -0.2) is 4.79 Å². The minimum Gasteiger partial charge on any atom is -0.508 e. The van der Waals surface area contributed by atoms with Gasteiger partial charge in [-0.3, -0.25) is 33.6 Å². The second-order valence-electron chi connectivity index (χ2n) is 20.0. The highest BCUT2D eigenvalue weighted by atomic mass is 32.1. The van der Waals surface area contributed by atoms with Gasteiger partial charge in [0.1, 0.15) is 47.3 Å². The molecule has 0 spiro atoms. The van der Waals surface area contributed by atoms with Gasteiger partial charge in [-0.2, -0.15) is 0 Å². The van der Waals surface area contributed by atoms with E-state index in [1.807, 2.05) is 35.0 Å². The van der Waals surface area contributed by atoms with E-state index in [9.17, 15) is 53.7 Å². The van der Waals surface area contributed by atoms with Gasteiger partial charge in [-0.05, 0) is 98.3 Å². The molecule has 0 aromatic heterocycles. The number of hydrogen-bond acceptors (Lipinski definition) is 12. The van der Waals surface area contributed by atoms with E-state index in [4.69, 9.17) is 22.4 Å². The number of carboxylic acid groups (broad SMARTS) is 1. The minimum atomic E-state index is -1.38. The van der Waals surface area contributed by atoms with Crippen LogP contribution in [0.25, 0.3) is 33.4 Å². The van der Waals surface area contributed by atoms with Crippen LogP contribution in [0, 0.1) is 5.92 Å². The van der Waals surface area contributed by atoms with Gasteiger partial charge >= 0.3 is 5.97 Å². The summed E-state index contributed by atoms with van der Waals surface area (Å²) in [7, 11) is 6.06. The number of fused-ring (bicyclic) bond motifs is 2. The molecule has 0 bridgehead atoms. The highest BCUT2D eigenvalue weighted by Crippen LogP contribution is 2.42. The number of nitrogens with zero attached hydrogens (tertiary/aromatic N) is 1. The van der Waals surface area contributed by atoms with Gasteiger partial charge in [-0.1, -0.05) is 50.2 Å². The van der Waals surface area contributed by atoms with Crippen LogP contribution in [0.3, 0.4) is 0 Å². The number of primary amides is 1. The molecule has 22 heteroatoms. The highest BCUT2D eigenvalue weighted by Gasteiger charge is 2.32. The van der Waals surface area contributed by atoms with Crippen LogP contribution in [-0.2, 0) is 35.2 Å². The molecule has 1 heterocycles. The van der Waals surface area contributed by atoms with Crippen molar-refractivity contribution in [1.82, 2.24) is 31.9 Å². The number of rotatable bonds is 26. The van der Waals surface area contributed by atoms with Crippen molar-refractivity contribution in [2.24, 2.45) is 11.7 Å². The van der Waals surface area contributed by atoms with Crippen LogP contribution in [0.5, 0.6) is 5.75 Å². The zero-order valence-electron chi connectivity index (χ0n) is 43.4. The molecule has 5 atom stereocenters. The Kier molecular flexibility index (Phi) is 21.0. The summed E-state index contributed by atoms with van der Waals surface area (Å²) >= 11 is 5.49. The van der Waals surface area contributed by atoms with Crippen LogP contribution in [0.2, 0.25) is 0 Å². The number of phenolic OH excluding ortho intramolecular Hbond substituents is 1. The van der Waals surface area contributed by atoms with Crippen molar-refractivity contribution in [3.63, 3.8) is 0 Å². The van der Waals surface area contributed by atoms with Crippen LogP contribution in [0.4, 0.5) is 5.69 Å². The molecule has 3 aromatic carbocycles. The van der Waals surface area contributed by atoms with Gasteiger partial charge in [0.15, 0.2) is 10.5 Å². The fourth-order valence-electron chi connectivity index (χ4n) is 8.29. The van der Waals surface area contributed by atoms with E-state index in [2.05, 4.69) is 37.2 Å². The van der Waals surface area contributed by atoms with E-state index in [0.717, 1.165) is 6.54 Å². The molecule has 1 aliphatic heterocycles. The van der Waals surface area contributed by atoms with Gasteiger partial charge in [0.05, 0.1) is 39.9 Å². The fourth-order valence-corrected chi connectivity index (χ4v) is 8.51. The zero-order chi connectivity index (χ0) is 55.9. The third-order valence-corrected chi connectivity index (χ3v) is 12.4. The topological polar surface area (TPSA) is 321 Å². The third kappa shape index (κ3) is 17.3. The normalized spacial score (nSPS) is 13.4. The number of quaternary nitrogens is 1. The quantitative estimate of drug-likeness (QED) is 0.0164. The number of aromatic hydroxyl groups is 1. The second kappa shape index (κ2) is 27.0. The van der Waals surface area contributed by atoms with Crippen LogP contribution >= 0.6 is 12.2 Å². The Morgan fingerprint density at radius 2 is 1.39 bits per heavy atom. The molecule has 21 nitrogen and oxygen atoms in total. The maximum Gasteiger partial charge on any atom is 0.336 e. The summed E-state index contributed by atoms with van der Waals surface area (Å²) in [5.41, 5.74) is 7.39. The van der Waals surface area contributed by atoms with Crippen LogP contribution in [-0.4, -0.2) is 137 Å². The Hall–Kier alpha value is -7.95. The number of hydrogen-bond donors (Lipinski definition) is 11. The average Bonchev–Trinajstić information content (AvgIpc) is 3.34. The van der Waals surface area contributed by atoms with E-state index in [0.29, 0.717) is 50.7 Å². The van der Waals surface area contributed by atoms with Crippen molar-refractivity contribution in [2.45, 2.75) is 89.5 Å². The summed E-state index contributed by atoms with van der Waals surface area (Å²) in [4.78, 5) is 105. The monoisotopic (exact) mass is 1070 g/mol. The number of carboxylic acids is 1.